The minimum Gasteiger partial charge on any atom is -0.454 e. The SMILES string of the molecule is CC(=O)c1ccc(NC(=O)c2ccc(Nc3ccc4c(c3)OCO4)nn2)cc1. The van der Waals surface area contributed by atoms with Crippen molar-refractivity contribution in [2.24, 2.45) is 0 Å². The first-order valence-electron chi connectivity index (χ1n) is 8.51. The van der Waals surface area contributed by atoms with E-state index in [0.717, 1.165) is 5.69 Å². The summed E-state index contributed by atoms with van der Waals surface area (Å²) in [6, 6.07) is 15.3. The molecule has 0 aliphatic carbocycles. The normalized spacial score (nSPS) is 11.8. The molecule has 1 aromatic heterocycles. The number of amides is 1. The summed E-state index contributed by atoms with van der Waals surface area (Å²) in [4.78, 5) is 23.6. The first kappa shape index (κ1) is 17.5. The van der Waals surface area contributed by atoms with Crippen LogP contribution in [0.15, 0.2) is 54.6 Å². The second-order valence-electron chi connectivity index (χ2n) is 6.08. The fraction of sp³-hybridized carbons (Fsp3) is 0.100. The Morgan fingerprint density at radius 3 is 2.36 bits per heavy atom. The van der Waals surface area contributed by atoms with E-state index in [2.05, 4.69) is 20.8 Å². The highest BCUT2D eigenvalue weighted by molar-refractivity contribution is 6.03. The Labute approximate surface area is 160 Å². The Morgan fingerprint density at radius 1 is 0.893 bits per heavy atom. The largest absolute Gasteiger partial charge is 0.454 e. The topological polar surface area (TPSA) is 102 Å². The Kier molecular flexibility index (Phi) is 4.59. The second-order valence-corrected chi connectivity index (χ2v) is 6.08. The van der Waals surface area contributed by atoms with E-state index < -0.39 is 5.91 Å². The van der Waals surface area contributed by atoms with Gasteiger partial charge in [-0.15, -0.1) is 10.2 Å². The predicted molar refractivity (Wildman–Crippen MR) is 102 cm³/mol. The molecule has 3 aromatic rings. The number of rotatable bonds is 5. The van der Waals surface area contributed by atoms with E-state index in [1.807, 2.05) is 6.07 Å². The second kappa shape index (κ2) is 7.36. The fourth-order valence-corrected chi connectivity index (χ4v) is 2.63. The highest BCUT2D eigenvalue weighted by Gasteiger charge is 2.14. The first-order chi connectivity index (χ1) is 13.6. The van der Waals surface area contributed by atoms with Crippen LogP contribution in [-0.2, 0) is 0 Å². The molecule has 0 saturated heterocycles. The zero-order chi connectivity index (χ0) is 19.5. The van der Waals surface area contributed by atoms with Gasteiger partial charge in [0.15, 0.2) is 28.8 Å². The summed E-state index contributed by atoms with van der Waals surface area (Å²) >= 11 is 0. The molecule has 2 aromatic carbocycles. The molecule has 0 fully saturated rings. The number of ketones is 1. The quantitative estimate of drug-likeness (QED) is 0.658. The molecule has 140 valence electrons. The summed E-state index contributed by atoms with van der Waals surface area (Å²) in [6.07, 6.45) is 0. The van der Waals surface area contributed by atoms with Crippen LogP contribution in [0.3, 0.4) is 0 Å². The number of ether oxygens (including phenoxy) is 2. The molecule has 1 aliphatic heterocycles. The average molecular weight is 376 g/mol. The lowest BCUT2D eigenvalue weighted by molar-refractivity contribution is 0.101. The van der Waals surface area contributed by atoms with Crippen molar-refractivity contribution in [3.05, 3.63) is 65.9 Å². The van der Waals surface area contributed by atoms with Gasteiger partial charge >= 0.3 is 0 Å². The first-order valence-corrected chi connectivity index (χ1v) is 8.51. The number of fused-ring (bicyclic) bond motifs is 1. The van der Waals surface area contributed by atoms with Crippen LogP contribution >= 0.6 is 0 Å². The number of hydrogen-bond donors (Lipinski definition) is 2. The van der Waals surface area contributed by atoms with Gasteiger partial charge in [0, 0.05) is 23.0 Å². The Morgan fingerprint density at radius 2 is 1.64 bits per heavy atom. The van der Waals surface area contributed by atoms with E-state index in [9.17, 15) is 9.59 Å². The van der Waals surface area contributed by atoms with E-state index in [1.54, 1.807) is 48.5 Å². The third-order valence-electron chi connectivity index (χ3n) is 4.09. The molecule has 0 bridgehead atoms. The third-order valence-corrected chi connectivity index (χ3v) is 4.09. The van der Waals surface area contributed by atoms with Crippen LogP contribution in [0, 0.1) is 0 Å². The number of benzene rings is 2. The molecule has 8 heteroatoms. The van der Waals surface area contributed by atoms with E-state index in [-0.39, 0.29) is 18.3 Å². The number of nitrogens with one attached hydrogen (secondary N) is 2. The molecule has 1 amide bonds. The van der Waals surface area contributed by atoms with Crippen LogP contribution < -0.4 is 20.1 Å². The third kappa shape index (κ3) is 3.75. The van der Waals surface area contributed by atoms with Gasteiger partial charge in [-0.1, -0.05) is 0 Å². The van der Waals surface area contributed by atoms with Gasteiger partial charge in [0.2, 0.25) is 6.79 Å². The molecule has 4 rings (SSSR count). The number of carbonyl (C=O) groups is 2. The molecular formula is C20H16N4O4. The summed E-state index contributed by atoms with van der Waals surface area (Å²) in [5, 5.41) is 13.8. The molecular weight excluding hydrogens is 360 g/mol. The van der Waals surface area contributed by atoms with Gasteiger partial charge in [-0.05, 0) is 55.5 Å². The van der Waals surface area contributed by atoms with Gasteiger partial charge in [-0.3, -0.25) is 9.59 Å². The smallest absolute Gasteiger partial charge is 0.276 e. The maximum Gasteiger partial charge on any atom is 0.276 e. The molecule has 0 radical (unpaired) electrons. The zero-order valence-electron chi connectivity index (χ0n) is 14.9. The number of Topliss-reactive ketones (excluding diaryl/α,β-unsaturated/α-hetero) is 1. The molecule has 2 N–H and O–H groups in total. The highest BCUT2D eigenvalue weighted by atomic mass is 16.7. The molecule has 2 heterocycles. The van der Waals surface area contributed by atoms with Gasteiger partial charge < -0.3 is 20.1 Å². The minimum absolute atomic E-state index is 0.0331. The molecule has 0 atom stereocenters. The summed E-state index contributed by atoms with van der Waals surface area (Å²) in [7, 11) is 0. The van der Waals surface area contributed by atoms with Crippen molar-refractivity contribution >= 4 is 28.9 Å². The van der Waals surface area contributed by atoms with Crippen molar-refractivity contribution in [2.75, 3.05) is 17.4 Å². The number of carbonyl (C=O) groups excluding carboxylic acids is 2. The molecule has 28 heavy (non-hydrogen) atoms. The maximum absolute atomic E-state index is 12.3. The van der Waals surface area contributed by atoms with Crippen LogP contribution in [0.5, 0.6) is 11.5 Å². The van der Waals surface area contributed by atoms with E-state index in [1.165, 1.54) is 6.92 Å². The standard InChI is InChI=1S/C20H16N4O4/c1-12(25)13-2-4-14(5-3-13)22-20(26)16-7-9-19(24-23-16)21-15-6-8-17-18(10-15)28-11-27-17/h2-10H,11H2,1H3,(H,21,24)(H,22,26). The molecule has 0 spiro atoms. The Balaban J connectivity index is 1.41. The molecule has 1 aliphatic rings. The monoisotopic (exact) mass is 376 g/mol. The van der Waals surface area contributed by atoms with Crippen LogP contribution in [0.1, 0.15) is 27.8 Å². The molecule has 8 nitrogen and oxygen atoms in total. The lowest BCUT2D eigenvalue weighted by atomic mass is 10.1. The van der Waals surface area contributed by atoms with Crippen LogP contribution in [0.25, 0.3) is 0 Å². The van der Waals surface area contributed by atoms with Crippen molar-refractivity contribution in [1.82, 2.24) is 10.2 Å². The van der Waals surface area contributed by atoms with Gasteiger partial charge in [0.25, 0.3) is 5.91 Å². The fourth-order valence-electron chi connectivity index (χ4n) is 2.63. The van der Waals surface area contributed by atoms with Crippen molar-refractivity contribution in [3.63, 3.8) is 0 Å². The van der Waals surface area contributed by atoms with Gasteiger partial charge in [0.05, 0.1) is 0 Å². The van der Waals surface area contributed by atoms with Gasteiger partial charge in [-0.25, -0.2) is 0 Å². The summed E-state index contributed by atoms with van der Waals surface area (Å²) in [5.74, 6) is 1.41. The van der Waals surface area contributed by atoms with Crippen molar-refractivity contribution in [3.8, 4) is 11.5 Å². The molecule has 0 saturated carbocycles. The number of anilines is 3. The lowest BCUT2D eigenvalue weighted by Gasteiger charge is -2.07. The van der Waals surface area contributed by atoms with Gasteiger partial charge in [0.1, 0.15) is 0 Å². The number of hydrogen-bond acceptors (Lipinski definition) is 7. The summed E-state index contributed by atoms with van der Waals surface area (Å²) < 4.78 is 10.6. The van der Waals surface area contributed by atoms with E-state index >= 15 is 0 Å². The zero-order valence-corrected chi connectivity index (χ0v) is 14.9. The minimum atomic E-state index is -0.391. The average Bonchev–Trinajstić information content (AvgIpc) is 3.17. The van der Waals surface area contributed by atoms with Gasteiger partial charge in [-0.2, -0.15) is 0 Å². The number of aromatic nitrogens is 2. The van der Waals surface area contributed by atoms with Crippen LogP contribution in [-0.4, -0.2) is 28.7 Å². The maximum atomic E-state index is 12.3. The molecule has 0 unspecified atom stereocenters. The van der Waals surface area contributed by atoms with Crippen molar-refractivity contribution in [2.45, 2.75) is 6.92 Å². The Hall–Kier alpha value is -3.94. The van der Waals surface area contributed by atoms with Crippen molar-refractivity contribution in [1.29, 1.82) is 0 Å². The highest BCUT2D eigenvalue weighted by Crippen LogP contribution is 2.34. The van der Waals surface area contributed by atoms with E-state index in [0.29, 0.717) is 28.6 Å². The Bertz CT molecular complexity index is 1030. The van der Waals surface area contributed by atoms with E-state index in [4.69, 9.17) is 9.47 Å². The summed E-state index contributed by atoms with van der Waals surface area (Å²) in [5.41, 5.74) is 2.09. The number of nitrogens with zero attached hydrogens (tertiary/aromatic N) is 2. The van der Waals surface area contributed by atoms with Crippen molar-refractivity contribution < 1.29 is 19.1 Å². The predicted octanol–water partition coefficient (Wildman–Crippen LogP) is 3.40. The lowest BCUT2D eigenvalue weighted by Crippen LogP contribution is -2.14. The van der Waals surface area contributed by atoms with Crippen LogP contribution in [0.2, 0.25) is 0 Å². The summed E-state index contributed by atoms with van der Waals surface area (Å²) in [6.45, 7) is 1.70. The van der Waals surface area contributed by atoms with Crippen LogP contribution in [0.4, 0.5) is 17.2 Å².